The minimum Gasteiger partial charge on any atom is -0.480 e. The second-order valence-corrected chi connectivity index (χ2v) is 4.20. The highest BCUT2D eigenvalue weighted by molar-refractivity contribution is 6.07. The van der Waals surface area contributed by atoms with Crippen molar-refractivity contribution in [2.75, 3.05) is 0 Å². The number of aromatic nitrogens is 1. The van der Waals surface area contributed by atoms with Gasteiger partial charge in [0.15, 0.2) is 0 Å². The highest BCUT2D eigenvalue weighted by Gasteiger charge is 2.18. The van der Waals surface area contributed by atoms with E-state index in [4.69, 9.17) is 5.11 Å². The van der Waals surface area contributed by atoms with E-state index in [0.29, 0.717) is 5.56 Å². The Labute approximate surface area is 104 Å². The molecule has 5 heteroatoms. The van der Waals surface area contributed by atoms with E-state index < -0.39 is 12.0 Å². The van der Waals surface area contributed by atoms with Gasteiger partial charge in [-0.15, -0.1) is 0 Å². The largest absolute Gasteiger partial charge is 0.480 e. The lowest BCUT2D eigenvalue weighted by Gasteiger charge is -2.08. The summed E-state index contributed by atoms with van der Waals surface area (Å²) in [6.45, 7) is 1.44. The number of carboxylic acid groups (broad SMARTS) is 1. The highest BCUT2D eigenvalue weighted by Crippen LogP contribution is 2.20. The maximum atomic E-state index is 12.0. The van der Waals surface area contributed by atoms with E-state index in [0.717, 1.165) is 10.9 Å². The van der Waals surface area contributed by atoms with Crippen LogP contribution in [0.5, 0.6) is 0 Å². The maximum Gasteiger partial charge on any atom is 0.325 e. The predicted molar refractivity (Wildman–Crippen MR) is 67.5 cm³/mol. The number of fused-ring (bicyclic) bond motifs is 1. The quantitative estimate of drug-likeness (QED) is 0.859. The van der Waals surface area contributed by atoms with Gasteiger partial charge in [0.2, 0.25) is 0 Å². The fourth-order valence-corrected chi connectivity index (χ4v) is 1.86. The van der Waals surface area contributed by atoms with Gasteiger partial charge in [0.1, 0.15) is 6.04 Å². The van der Waals surface area contributed by atoms with Gasteiger partial charge in [-0.3, -0.25) is 9.59 Å². The molecule has 1 amide bonds. The number of nitrogens with one attached hydrogen (secondary N) is 1. The number of benzene rings is 1. The Morgan fingerprint density at radius 3 is 2.67 bits per heavy atom. The first-order valence-corrected chi connectivity index (χ1v) is 5.58. The molecule has 18 heavy (non-hydrogen) atoms. The zero-order chi connectivity index (χ0) is 13.3. The first-order chi connectivity index (χ1) is 8.50. The van der Waals surface area contributed by atoms with Crippen LogP contribution in [-0.2, 0) is 11.8 Å². The Morgan fingerprint density at radius 1 is 1.33 bits per heavy atom. The van der Waals surface area contributed by atoms with Crippen molar-refractivity contribution in [1.29, 1.82) is 0 Å². The van der Waals surface area contributed by atoms with E-state index in [1.165, 1.54) is 6.92 Å². The van der Waals surface area contributed by atoms with E-state index in [1.54, 1.807) is 6.20 Å². The summed E-state index contributed by atoms with van der Waals surface area (Å²) < 4.78 is 1.84. The average molecular weight is 246 g/mol. The number of rotatable bonds is 3. The number of aryl methyl sites for hydroxylation is 1. The van der Waals surface area contributed by atoms with Crippen molar-refractivity contribution in [2.45, 2.75) is 13.0 Å². The Balaban J connectivity index is 2.37. The summed E-state index contributed by atoms with van der Waals surface area (Å²) in [5, 5.41) is 12.0. The second kappa shape index (κ2) is 4.52. The minimum atomic E-state index is -1.05. The third-order valence-corrected chi connectivity index (χ3v) is 2.86. The lowest BCUT2D eigenvalue weighted by Crippen LogP contribution is -2.38. The molecular formula is C13H14N2O3. The van der Waals surface area contributed by atoms with Gasteiger partial charge >= 0.3 is 5.97 Å². The number of hydrogen-bond acceptors (Lipinski definition) is 2. The number of carbonyl (C=O) groups excluding carboxylic acids is 1. The number of carboxylic acids is 1. The van der Waals surface area contributed by atoms with Crippen LogP contribution in [-0.4, -0.2) is 27.6 Å². The first-order valence-electron chi connectivity index (χ1n) is 5.58. The number of hydrogen-bond donors (Lipinski definition) is 2. The van der Waals surface area contributed by atoms with Gasteiger partial charge in [-0.05, 0) is 13.0 Å². The molecule has 2 N–H and O–H groups in total. The summed E-state index contributed by atoms with van der Waals surface area (Å²) in [5.74, 6) is -1.43. The van der Waals surface area contributed by atoms with Crippen LogP contribution in [0.1, 0.15) is 17.3 Å². The van der Waals surface area contributed by atoms with Gasteiger partial charge in [-0.25, -0.2) is 0 Å². The topological polar surface area (TPSA) is 71.3 Å². The maximum absolute atomic E-state index is 12.0. The molecule has 5 nitrogen and oxygen atoms in total. The van der Waals surface area contributed by atoms with Crippen molar-refractivity contribution >= 4 is 22.8 Å². The molecule has 0 aliphatic carbocycles. The Bertz CT molecular complexity index is 616. The molecule has 2 rings (SSSR count). The molecular weight excluding hydrogens is 232 g/mol. The smallest absolute Gasteiger partial charge is 0.325 e. The number of carbonyl (C=O) groups is 2. The molecule has 0 aliphatic heterocycles. The number of nitrogens with zero attached hydrogens (tertiary/aromatic N) is 1. The second-order valence-electron chi connectivity index (χ2n) is 4.20. The van der Waals surface area contributed by atoms with E-state index in [2.05, 4.69) is 5.32 Å². The molecule has 0 spiro atoms. The third kappa shape index (κ3) is 2.07. The van der Waals surface area contributed by atoms with Gasteiger partial charge < -0.3 is 15.0 Å². The number of amides is 1. The molecule has 0 fully saturated rings. The highest BCUT2D eigenvalue weighted by atomic mass is 16.4. The standard InChI is InChI=1S/C13H14N2O3/c1-8(13(17)18)14-12(16)10-7-15(2)11-6-4-3-5-9(10)11/h3-8H,1-2H3,(H,14,16)(H,17,18)/t8-/m1/s1. The Kier molecular flexibility index (Phi) is 3.06. The summed E-state index contributed by atoms with van der Waals surface area (Å²) in [7, 11) is 1.85. The molecule has 1 aromatic carbocycles. The minimum absolute atomic E-state index is 0.373. The van der Waals surface area contributed by atoms with Crippen LogP contribution in [0, 0.1) is 0 Å². The van der Waals surface area contributed by atoms with Gasteiger partial charge in [0, 0.05) is 24.1 Å². The first kappa shape index (κ1) is 12.2. The molecule has 0 saturated carbocycles. The van der Waals surface area contributed by atoms with Crippen molar-refractivity contribution in [2.24, 2.45) is 7.05 Å². The third-order valence-electron chi connectivity index (χ3n) is 2.86. The molecule has 0 radical (unpaired) electrons. The molecule has 94 valence electrons. The summed E-state index contributed by atoms with van der Waals surface area (Å²) in [6.07, 6.45) is 1.70. The fraction of sp³-hybridized carbons (Fsp3) is 0.231. The summed E-state index contributed by atoms with van der Waals surface area (Å²) in [6, 6.07) is 6.59. The van der Waals surface area contributed by atoms with E-state index >= 15 is 0 Å². The Hall–Kier alpha value is -2.30. The zero-order valence-electron chi connectivity index (χ0n) is 10.2. The van der Waals surface area contributed by atoms with Gasteiger partial charge in [0.05, 0.1) is 5.56 Å². The van der Waals surface area contributed by atoms with Crippen molar-refractivity contribution < 1.29 is 14.7 Å². The van der Waals surface area contributed by atoms with Crippen molar-refractivity contribution in [3.05, 3.63) is 36.0 Å². The Morgan fingerprint density at radius 2 is 2.00 bits per heavy atom. The number of para-hydroxylation sites is 1. The average Bonchev–Trinajstić information content (AvgIpc) is 2.67. The van der Waals surface area contributed by atoms with Gasteiger partial charge in [-0.1, -0.05) is 18.2 Å². The van der Waals surface area contributed by atoms with Crippen LogP contribution < -0.4 is 5.32 Å². The molecule has 1 aromatic heterocycles. The van der Waals surface area contributed by atoms with Crippen LogP contribution >= 0.6 is 0 Å². The fourth-order valence-electron chi connectivity index (χ4n) is 1.86. The van der Waals surface area contributed by atoms with Crippen LogP contribution in [0.2, 0.25) is 0 Å². The molecule has 1 atom stereocenters. The molecule has 2 aromatic rings. The van der Waals surface area contributed by atoms with Crippen LogP contribution in [0.25, 0.3) is 10.9 Å². The lowest BCUT2D eigenvalue weighted by molar-refractivity contribution is -0.138. The predicted octanol–water partition coefficient (Wildman–Crippen LogP) is 1.38. The van der Waals surface area contributed by atoms with E-state index in [-0.39, 0.29) is 5.91 Å². The molecule has 1 heterocycles. The van der Waals surface area contributed by atoms with Crippen molar-refractivity contribution in [3.63, 3.8) is 0 Å². The van der Waals surface area contributed by atoms with E-state index in [9.17, 15) is 9.59 Å². The number of aliphatic carboxylic acids is 1. The zero-order valence-corrected chi connectivity index (χ0v) is 10.2. The molecule has 0 aliphatic rings. The van der Waals surface area contributed by atoms with Crippen LogP contribution in [0.3, 0.4) is 0 Å². The SMILES string of the molecule is C[C@@H](NC(=O)c1cn(C)c2ccccc12)C(=O)O. The summed E-state index contributed by atoms with van der Waals surface area (Å²) in [5.41, 5.74) is 1.42. The van der Waals surface area contributed by atoms with E-state index in [1.807, 2.05) is 35.9 Å². The molecule has 0 saturated heterocycles. The van der Waals surface area contributed by atoms with Crippen LogP contribution in [0.4, 0.5) is 0 Å². The molecule has 0 bridgehead atoms. The summed E-state index contributed by atoms with van der Waals surface area (Å²) in [4.78, 5) is 22.7. The van der Waals surface area contributed by atoms with Gasteiger partial charge in [-0.2, -0.15) is 0 Å². The van der Waals surface area contributed by atoms with Gasteiger partial charge in [0.25, 0.3) is 5.91 Å². The lowest BCUT2D eigenvalue weighted by atomic mass is 10.1. The van der Waals surface area contributed by atoms with Crippen molar-refractivity contribution in [3.8, 4) is 0 Å². The van der Waals surface area contributed by atoms with Crippen LogP contribution in [0.15, 0.2) is 30.5 Å². The molecule has 0 unspecified atom stereocenters. The monoisotopic (exact) mass is 246 g/mol. The summed E-state index contributed by atoms with van der Waals surface area (Å²) >= 11 is 0. The van der Waals surface area contributed by atoms with Crippen molar-refractivity contribution in [1.82, 2.24) is 9.88 Å². The normalized spacial score (nSPS) is 12.3.